The van der Waals surface area contributed by atoms with Gasteiger partial charge in [-0.2, -0.15) is 18.3 Å². The normalized spacial score (nSPS) is 12.9. The van der Waals surface area contributed by atoms with Crippen molar-refractivity contribution in [3.05, 3.63) is 11.4 Å². The van der Waals surface area contributed by atoms with E-state index < -0.39 is 29.2 Å². The van der Waals surface area contributed by atoms with Crippen LogP contribution in [0.25, 0.3) is 0 Å². The molecular formula is C10H16F3N3O3S. The summed E-state index contributed by atoms with van der Waals surface area (Å²) in [4.78, 5) is -0.145. The van der Waals surface area contributed by atoms with Gasteiger partial charge in [-0.3, -0.25) is 4.68 Å². The molecule has 1 aromatic rings. The van der Waals surface area contributed by atoms with Crippen molar-refractivity contribution in [2.75, 3.05) is 13.2 Å². The highest BCUT2D eigenvalue weighted by Gasteiger charge is 2.29. The number of aromatic nitrogens is 2. The molecule has 2 N–H and O–H groups in total. The summed E-state index contributed by atoms with van der Waals surface area (Å²) in [7, 11) is -4.06. The zero-order chi connectivity index (χ0) is 15.6. The first-order valence-electron chi connectivity index (χ1n) is 5.80. The van der Waals surface area contributed by atoms with Gasteiger partial charge >= 0.3 is 6.18 Å². The Bertz CT molecular complexity index is 566. The number of hydrogen-bond acceptors (Lipinski definition) is 4. The molecule has 0 fully saturated rings. The summed E-state index contributed by atoms with van der Waals surface area (Å²) in [6.07, 6.45) is -5.66. The topological polar surface area (TPSA) is 84.2 Å². The van der Waals surface area contributed by atoms with Gasteiger partial charge in [0.2, 0.25) is 10.0 Å². The Morgan fingerprint density at radius 1 is 1.35 bits per heavy atom. The second kappa shape index (κ2) is 6.10. The van der Waals surface area contributed by atoms with Gasteiger partial charge in [-0.1, -0.05) is 0 Å². The van der Waals surface area contributed by atoms with E-state index in [9.17, 15) is 21.6 Å². The molecule has 0 atom stereocenters. The van der Waals surface area contributed by atoms with Crippen LogP contribution in [0.5, 0.6) is 0 Å². The van der Waals surface area contributed by atoms with Gasteiger partial charge in [0.25, 0.3) is 0 Å². The first-order chi connectivity index (χ1) is 9.08. The molecule has 10 heteroatoms. The van der Waals surface area contributed by atoms with Crippen molar-refractivity contribution in [2.24, 2.45) is 0 Å². The van der Waals surface area contributed by atoms with Gasteiger partial charge in [0.1, 0.15) is 4.90 Å². The second-order valence-electron chi connectivity index (χ2n) is 4.21. The number of aliphatic hydroxyl groups is 1. The molecule has 20 heavy (non-hydrogen) atoms. The van der Waals surface area contributed by atoms with Gasteiger partial charge in [0.05, 0.1) is 31.0 Å². The number of aliphatic hydroxyl groups excluding tert-OH is 1. The summed E-state index contributed by atoms with van der Waals surface area (Å²) in [6, 6.07) is 0. The third kappa shape index (κ3) is 4.18. The quantitative estimate of drug-likeness (QED) is 0.810. The van der Waals surface area contributed by atoms with E-state index in [1.807, 2.05) is 4.72 Å². The Kier molecular flexibility index (Phi) is 5.16. The molecule has 1 heterocycles. The van der Waals surface area contributed by atoms with Crippen molar-refractivity contribution in [1.82, 2.24) is 14.5 Å². The molecule has 0 aliphatic heterocycles. The summed E-state index contributed by atoms with van der Waals surface area (Å²) in [5, 5.41) is 12.8. The first kappa shape index (κ1) is 16.9. The van der Waals surface area contributed by atoms with E-state index >= 15 is 0 Å². The lowest BCUT2D eigenvalue weighted by Crippen LogP contribution is -2.28. The summed E-state index contributed by atoms with van der Waals surface area (Å²) in [6.45, 7) is 2.09. The summed E-state index contributed by atoms with van der Waals surface area (Å²) >= 11 is 0. The molecular weight excluding hydrogens is 299 g/mol. The SMILES string of the molecule is Cc1nn(CCO)c(C)c1S(=O)(=O)NCCC(F)(F)F. The van der Waals surface area contributed by atoms with E-state index in [1.54, 1.807) is 0 Å². The molecule has 0 spiro atoms. The van der Waals surface area contributed by atoms with Crippen LogP contribution in [-0.4, -0.2) is 42.6 Å². The Morgan fingerprint density at radius 2 is 1.95 bits per heavy atom. The van der Waals surface area contributed by atoms with Crippen LogP contribution < -0.4 is 4.72 Å². The summed E-state index contributed by atoms with van der Waals surface area (Å²) in [5.41, 5.74) is 0.450. The highest BCUT2D eigenvalue weighted by atomic mass is 32.2. The summed E-state index contributed by atoms with van der Waals surface area (Å²) < 4.78 is 63.2. The minimum Gasteiger partial charge on any atom is -0.394 e. The summed E-state index contributed by atoms with van der Waals surface area (Å²) in [5.74, 6) is 0. The number of aryl methyl sites for hydroxylation is 1. The number of alkyl halides is 3. The van der Waals surface area contributed by atoms with Gasteiger partial charge in [0.15, 0.2) is 0 Å². The molecule has 1 aromatic heterocycles. The fraction of sp³-hybridized carbons (Fsp3) is 0.700. The van der Waals surface area contributed by atoms with Crippen LogP contribution in [0.4, 0.5) is 13.2 Å². The Hall–Kier alpha value is -1.13. The van der Waals surface area contributed by atoms with Crippen molar-refractivity contribution in [3.8, 4) is 0 Å². The van der Waals surface area contributed by atoms with Crippen LogP contribution in [0.3, 0.4) is 0 Å². The lowest BCUT2D eigenvalue weighted by Gasteiger charge is -2.09. The van der Waals surface area contributed by atoms with E-state index in [0.717, 1.165) is 0 Å². The average molecular weight is 315 g/mol. The Morgan fingerprint density at radius 3 is 2.45 bits per heavy atom. The largest absolute Gasteiger partial charge is 0.394 e. The molecule has 1 rings (SSSR count). The van der Waals surface area contributed by atoms with E-state index in [4.69, 9.17) is 5.11 Å². The number of nitrogens with one attached hydrogen (secondary N) is 1. The second-order valence-corrected chi connectivity index (χ2v) is 5.91. The predicted octanol–water partition coefficient (Wildman–Crippen LogP) is 0.723. The minimum atomic E-state index is -4.42. The van der Waals surface area contributed by atoms with Crippen LogP contribution in [0.1, 0.15) is 17.8 Å². The van der Waals surface area contributed by atoms with E-state index in [-0.39, 0.29) is 29.4 Å². The van der Waals surface area contributed by atoms with E-state index in [0.29, 0.717) is 0 Å². The highest BCUT2D eigenvalue weighted by molar-refractivity contribution is 7.89. The molecule has 0 bridgehead atoms. The van der Waals surface area contributed by atoms with Gasteiger partial charge in [-0.05, 0) is 13.8 Å². The highest BCUT2D eigenvalue weighted by Crippen LogP contribution is 2.21. The number of sulfonamides is 1. The number of halogens is 3. The predicted molar refractivity (Wildman–Crippen MR) is 64.6 cm³/mol. The van der Waals surface area contributed by atoms with Gasteiger partial charge < -0.3 is 5.11 Å². The van der Waals surface area contributed by atoms with Crippen molar-refractivity contribution < 1.29 is 26.7 Å². The standard InChI is InChI=1S/C10H16F3N3O3S/c1-7-9(8(2)16(15-7)5-6-17)20(18,19)14-4-3-10(11,12)13/h14,17H,3-6H2,1-2H3. The lowest BCUT2D eigenvalue weighted by atomic mass is 10.4. The maximum atomic E-state index is 12.0. The van der Waals surface area contributed by atoms with Gasteiger partial charge in [-0.25, -0.2) is 13.1 Å². The first-order valence-corrected chi connectivity index (χ1v) is 7.28. The Labute approximate surface area is 114 Å². The molecule has 0 saturated heterocycles. The molecule has 0 saturated carbocycles. The fourth-order valence-corrected chi connectivity index (χ4v) is 3.22. The molecule has 0 amide bonds. The zero-order valence-electron chi connectivity index (χ0n) is 11.0. The van der Waals surface area contributed by atoms with Crippen LogP contribution in [-0.2, 0) is 16.6 Å². The molecule has 6 nitrogen and oxygen atoms in total. The van der Waals surface area contributed by atoms with Crippen molar-refractivity contribution in [2.45, 2.75) is 37.9 Å². The number of nitrogens with zero attached hydrogens (tertiary/aromatic N) is 2. The number of rotatable bonds is 6. The van der Waals surface area contributed by atoms with Gasteiger partial charge in [0, 0.05) is 6.54 Å². The smallest absolute Gasteiger partial charge is 0.390 e. The molecule has 0 aliphatic rings. The lowest BCUT2D eigenvalue weighted by molar-refractivity contribution is -0.132. The van der Waals surface area contributed by atoms with Crippen LogP contribution in [0.2, 0.25) is 0 Å². The maximum Gasteiger partial charge on any atom is 0.390 e. The number of hydrogen-bond donors (Lipinski definition) is 2. The molecule has 116 valence electrons. The molecule has 0 radical (unpaired) electrons. The minimum absolute atomic E-state index is 0.116. The Balaban J connectivity index is 2.93. The van der Waals surface area contributed by atoms with Crippen LogP contribution in [0, 0.1) is 13.8 Å². The molecule has 0 aromatic carbocycles. The molecule has 0 aliphatic carbocycles. The van der Waals surface area contributed by atoms with E-state index in [2.05, 4.69) is 5.10 Å². The fourth-order valence-electron chi connectivity index (χ4n) is 1.78. The van der Waals surface area contributed by atoms with Crippen LogP contribution >= 0.6 is 0 Å². The van der Waals surface area contributed by atoms with Crippen molar-refractivity contribution in [1.29, 1.82) is 0 Å². The van der Waals surface area contributed by atoms with Crippen molar-refractivity contribution >= 4 is 10.0 Å². The average Bonchev–Trinajstić information content (AvgIpc) is 2.52. The monoisotopic (exact) mass is 315 g/mol. The third-order valence-corrected chi connectivity index (χ3v) is 4.31. The van der Waals surface area contributed by atoms with Crippen molar-refractivity contribution in [3.63, 3.8) is 0 Å². The maximum absolute atomic E-state index is 12.0. The molecule has 0 unspecified atom stereocenters. The van der Waals surface area contributed by atoms with Crippen LogP contribution in [0.15, 0.2) is 4.90 Å². The van der Waals surface area contributed by atoms with E-state index in [1.165, 1.54) is 18.5 Å². The zero-order valence-corrected chi connectivity index (χ0v) is 11.8. The third-order valence-electron chi connectivity index (χ3n) is 2.60. The van der Waals surface area contributed by atoms with Gasteiger partial charge in [-0.15, -0.1) is 0 Å².